The zero-order valence-electron chi connectivity index (χ0n) is 11.3. The summed E-state index contributed by atoms with van der Waals surface area (Å²) in [6.07, 6.45) is 2.11. The Hall–Kier alpha value is -2.77. The number of nitrogens with one attached hydrogen (secondary N) is 2. The molecule has 1 heterocycles. The lowest BCUT2D eigenvalue weighted by Gasteiger charge is -2.03. The number of nitro groups is 1. The summed E-state index contributed by atoms with van der Waals surface area (Å²) in [5.74, 6) is 0.644. The topological polar surface area (TPSA) is 114 Å². The molecule has 21 heavy (non-hydrogen) atoms. The second-order valence-corrected chi connectivity index (χ2v) is 5.03. The number of aromatic amines is 1. The number of amides is 1. The van der Waals surface area contributed by atoms with E-state index in [0.29, 0.717) is 17.2 Å². The maximum absolute atomic E-state index is 12.0. The molecule has 2 aromatic rings. The molecule has 108 valence electrons. The second kappa shape index (κ2) is 4.97. The number of carbonyl (C=O) groups excluding carboxylic acids is 1. The van der Waals surface area contributed by atoms with Gasteiger partial charge in [-0.2, -0.15) is 0 Å². The minimum atomic E-state index is -0.490. The largest absolute Gasteiger partial charge is 0.319 e. The standard InChI is InChI=1S/C13H13N5O3/c1-7-2-5-9(6-10(7)18(20)21)14-13(19)12-15-11(16-17-12)8-3-4-8/h2,5-6,8H,3-4H2,1H3,(H,14,19)(H,15,16,17). The number of anilines is 1. The molecule has 0 atom stereocenters. The third-order valence-corrected chi connectivity index (χ3v) is 3.33. The number of aromatic nitrogens is 3. The first kappa shape index (κ1) is 13.2. The number of nitrogens with zero attached hydrogens (tertiary/aromatic N) is 3. The molecule has 0 bridgehead atoms. The summed E-state index contributed by atoms with van der Waals surface area (Å²) < 4.78 is 0. The molecular formula is C13H13N5O3. The van der Waals surface area contributed by atoms with Crippen LogP contribution in [0, 0.1) is 17.0 Å². The average molecular weight is 287 g/mol. The lowest BCUT2D eigenvalue weighted by Crippen LogP contribution is -2.14. The number of H-pyrrole nitrogens is 1. The first-order valence-corrected chi connectivity index (χ1v) is 6.53. The van der Waals surface area contributed by atoms with E-state index in [-0.39, 0.29) is 11.5 Å². The van der Waals surface area contributed by atoms with Gasteiger partial charge in [-0.3, -0.25) is 20.0 Å². The molecular weight excluding hydrogens is 274 g/mol. The fourth-order valence-electron chi connectivity index (χ4n) is 1.99. The van der Waals surface area contributed by atoms with Crippen LogP contribution in [0.5, 0.6) is 0 Å². The number of aryl methyl sites for hydroxylation is 1. The Morgan fingerprint density at radius 2 is 2.24 bits per heavy atom. The highest BCUT2D eigenvalue weighted by Gasteiger charge is 2.28. The summed E-state index contributed by atoms with van der Waals surface area (Å²) in [5.41, 5.74) is 0.837. The number of benzene rings is 1. The molecule has 8 heteroatoms. The van der Waals surface area contributed by atoms with Gasteiger partial charge < -0.3 is 5.32 Å². The van der Waals surface area contributed by atoms with Crippen molar-refractivity contribution in [2.75, 3.05) is 5.32 Å². The zero-order chi connectivity index (χ0) is 15.0. The van der Waals surface area contributed by atoms with Crippen LogP contribution in [0.15, 0.2) is 18.2 Å². The van der Waals surface area contributed by atoms with Crippen LogP contribution >= 0.6 is 0 Å². The number of rotatable bonds is 4. The van der Waals surface area contributed by atoms with Gasteiger partial charge in [0.2, 0.25) is 5.82 Å². The zero-order valence-corrected chi connectivity index (χ0v) is 11.3. The Kier molecular flexibility index (Phi) is 3.13. The lowest BCUT2D eigenvalue weighted by molar-refractivity contribution is -0.385. The summed E-state index contributed by atoms with van der Waals surface area (Å²) in [4.78, 5) is 26.5. The van der Waals surface area contributed by atoms with E-state index in [1.807, 2.05) is 0 Å². The highest BCUT2D eigenvalue weighted by molar-refractivity contribution is 6.01. The van der Waals surface area contributed by atoms with Crippen molar-refractivity contribution in [3.63, 3.8) is 0 Å². The molecule has 0 spiro atoms. The molecule has 1 fully saturated rings. The Balaban J connectivity index is 1.77. The first-order chi connectivity index (χ1) is 10.0. The summed E-state index contributed by atoms with van der Waals surface area (Å²) in [5, 5.41) is 20.1. The summed E-state index contributed by atoms with van der Waals surface area (Å²) in [6.45, 7) is 1.64. The number of hydrogen-bond acceptors (Lipinski definition) is 5. The van der Waals surface area contributed by atoms with Crippen molar-refractivity contribution in [3.8, 4) is 0 Å². The van der Waals surface area contributed by atoms with Crippen molar-refractivity contribution >= 4 is 17.3 Å². The van der Waals surface area contributed by atoms with Crippen molar-refractivity contribution in [1.82, 2.24) is 15.2 Å². The highest BCUT2D eigenvalue weighted by Crippen LogP contribution is 2.37. The van der Waals surface area contributed by atoms with Gasteiger partial charge in [0.05, 0.1) is 4.92 Å². The predicted octanol–water partition coefficient (Wildman–Crippen LogP) is 2.15. The molecule has 0 aliphatic heterocycles. The molecule has 1 amide bonds. The van der Waals surface area contributed by atoms with Gasteiger partial charge in [-0.15, -0.1) is 5.10 Å². The van der Waals surface area contributed by atoms with E-state index in [2.05, 4.69) is 20.5 Å². The predicted molar refractivity (Wildman–Crippen MR) is 74.1 cm³/mol. The highest BCUT2D eigenvalue weighted by atomic mass is 16.6. The fraction of sp³-hybridized carbons (Fsp3) is 0.308. The van der Waals surface area contributed by atoms with Crippen molar-refractivity contribution in [3.05, 3.63) is 45.5 Å². The number of hydrogen-bond donors (Lipinski definition) is 2. The lowest BCUT2D eigenvalue weighted by atomic mass is 10.2. The third kappa shape index (κ3) is 2.73. The molecule has 3 rings (SSSR count). The fourth-order valence-corrected chi connectivity index (χ4v) is 1.99. The van der Waals surface area contributed by atoms with Crippen molar-refractivity contribution in [2.45, 2.75) is 25.7 Å². The SMILES string of the molecule is Cc1ccc(NC(=O)c2n[nH]c(C3CC3)n2)cc1[N+](=O)[O-]. The molecule has 0 unspecified atom stereocenters. The van der Waals surface area contributed by atoms with Gasteiger partial charge in [-0.25, -0.2) is 4.98 Å². The van der Waals surface area contributed by atoms with Crippen LogP contribution in [0.1, 0.15) is 40.8 Å². The van der Waals surface area contributed by atoms with E-state index >= 15 is 0 Å². The van der Waals surface area contributed by atoms with E-state index in [1.165, 1.54) is 6.07 Å². The average Bonchev–Trinajstić information content (AvgIpc) is 3.18. The van der Waals surface area contributed by atoms with E-state index in [9.17, 15) is 14.9 Å². The van der Waals surface area contributed by atoms with E-state index in [1.54, 1.807) is 19.1 Å². The number of nitro benzene ring substituents is 1. The molecule has 0 radical (unpaired) electrons. The smallest absolute Gasteiger partial charge is 0.295 e. The van der Waals surface area contributed by atoms with Gasteiger partial charge in [0.15, 0.2) is 0 Å². The van der Waals surface area contributed by atoms with Gasteiger partial charge in [-0.1, -0.05) is 6.07 Å². The molecule has 0 saturated heterocycles. The molecule has 1 saturated carbocycles. The molecule has 1 aliphatic carbocycles. The Morgan fingerprint density at radius 3 is 2.90 bits per heavy atom. The molecule has 1 aliphatic rings. The van der Waals surface area contributed by atoms with Gasteiger partial charge in [0.25, 0.3) is 11.6 Å². The van der Waals surface area contributed by atoms with Crippen LogP contribution < -0.4 is 5.32 Å². The monoisotopic (exact) mass is 287 g/mol. The van der Waals surface area contributed by atoms with Crippen LogP contribution in [-0.2, 0) is 0 Å². The molecule has 8 nitrogen and oxygen atoms in total. The Labute approximate surface area is 119 Å². The maximum atomic E-state index is 12.0. The van der Waals surface area contributed by atoms with Gasteiger partial charge >= 0.3 is 0 Å². The van der Waals surface area contributed by atoms with E-state index in [0.717, 1.165) is 18.7 Å². The van der Waals surface area contributed by atoms with Crippen molar-refractivity contribution < 1.29 is 9.72 Å². The van der Waals surface area contributed by atoms with Crippen LogP contribution in [0.2, 0.25) is 0 Å². The van der Waals surface area contributed by atoms with Crippen LogP contribution in [0.3, 0.4) is 0 Å². The minimum absolute atomic E-state index is 0.0403. The van der Waals surface area contributed by atoms with Crippen molar-refractivity contribution in [1.29, 1.82) is 0 Å². The van der Waals surface area contributed by atoms with E-state index in [4.69, 9.17) is 0 Å². The molecule has 2 N–H and O–H groups in total. The second-order valence-electron chi connectivity index (χ2n) is 5.03. The normalized spacial score (nSPS) is 14.0. The Bertz CT molecular complexity index is 720. The van der Waals surface area contributed by atoms with Gasteiger partial charge in [0.1, 0.15) is 5.82 Å². The quantitative estimate of drug-likeness (QED) is 0.660. The Morgan fingerprint density at radius 1 is 1.48 bits per heavy atom. The summed E-state index contributed by atoms with van der Waals surface area (Å²) in [7, 11) is 0. The molecule has 1 aromatic heterocycles. The van der Waals surface area contributed by atoms with E-state index < -0.39 is 10.8 Å². The first-order valence-electron chi connectivity index (χ1n) is 6.53. The van der Waals surface area contributed by atoms with Crippen LogP contribution in [0.4, 0.5) is 11.4 Å². The van der Waals surface area contributed by atoms with Gasteiger partial charge in [0, 0.05) is 23.2 Å². The third-order valence-electron chi connectivity index (χ3n) is 3.33. The van der Waals surface area contributed by atoms with Crippen LogP contribution in [-0.4, -0.2) is 26.0 Å². The summed E-state index contributed by atoms with van der Waals surface area (Å²) in [6, 6.07) is 4.51. The van der Waals surface area contributed by atoms with Crippen molar-refractivity contribution in [2.24, 2.45) is 0 Å². The summed E-state index contributed by atoms with van der Waals surface area (Å²) >= 11 is 0. The minimum Gasteiger partial charge on any atom is -0.319 e. The van der Waals surface area contributed by atoms with Gasteiger partial charge in [-0.05, 0) is 25.8 Å². The van der Waals surface area contributed by atoms with Crippen LogP contribution in [0.25, 0.3) is 0 Å². The maximum Gasteiger partial charge on any atom is 0.295 e. The number of carbonyl (C=O) groups is 1. The molecule has 1 aromatic carbocycles.